The Labute approximate surface area is 101 Å². The summed E-state index contributed by atoms with van der Waals surface area (Å²) in [7, 11) is 0. The minimum Gasteiger partial charge on any atom is -0.387 e. The van der Waals surface area contributed by atoms with Crippen molar-refractivity contribution < 1.29 is 5.11 Å². The molecule has 2 heterocycles. The van der Waals surface area contributed by atoms with Crippen LogP contribution in [0.3, 0.4) is 0 Å². The fourth-order valence-corrected chi connectivity index (χ4v) is 2.72. The quantitative estimate of drug-likeness (QED) is 0.874. The fourth-order valence-electron chi connectivity index (χ4n) is 1.81. The number of hydrogen-bond donors (Lipinski definition) is 1. The van der Waals surface area contributed by atoms with Crippen LogP contribution in [0.4, 0.5) is 5.69 Å². The lowest BCUT2D eigenvalue weighted by atomic mass is 10.2. The third kappa shape index (κ3) is 2.68. The second kappa shape index (κ2) is 5.55. The van der Waals surface area contributed by atoms with E-state index in [1.165, 1.54) is 17.2 Å². The molecule has 0 amide bonds. The summed E-state index contributed by atoms with van der Waals surface area (Å²) in [6.07, 6.45) is 2.17. The van der Waals surface area contributed by atoms with Crippen molar-refractivity contribution in [1.82, 2.24) is 4.98 Å². The molecule has 1 atom stereocenters. The van der Waals surface area contributed by atoms with Gasteiger partial charge < -0.3 is 10.0 Å². The number of pyridine rings is 1. The average molecular weight is 238 g/mol. The van der Waals surface area contributed by atoms with Gasteiger partial charge in [-0.3, -0.25) is 4.98 Å². The minimum atomic E-state index is -0.425. The summed E-state index contributed by atoms with van der Waals surface area (Å²) < 4.78 is 0. The molecule has 0 saturated carbocycles. The molecule has 88 valence electrons. The molecule has 0 spiro atoms. The maximum absolute atomic E-state index is 9.65. The molecule has 0 radical (unpaired) electrons. The topological polar surface area (TPSA) is 36.4 Å². The first kappa shape index (κ1) is 11.7. The van der Waals surface area contributed by atoms with Crippen molar-refractivity contribution in [2.75, 3.05) is 29.5 Å². The van der Waals surface area contributed by atoms with E-state index in [0.717, 1.165) is 18.8 Å². The van der Waals surface area contributed by atoms with Gasteiger partial charge in [0, 0.05) is 24.6 Å². The molecule has 3 nitrogen and oxygen atoms in total. The molecule has 0 aliphatic carbocycles. The average Bonchev–Trinajstić information content (AvgIpc) is 2.39. The molecule has 1 saturated heterocycles. The van der Waals surface area contributed by atoms with E-state index in [1.54, 1.807) is 0 Å². The largest absolute Gasteiger partial charge is 0.387 e. The number of hydrogen-bond acceptors (Lipinski definition) is 4. The van der Waals surface area contributed by atoms with Gasteiger partial charge in [0.1, 0.15) is 0 Å². The first-order valence-electron chi connectivity index (χ1n) is 5.78. The number of rotatable bonds is 3. The van der Waals surface area contributed by atoms with Crippen LogP contribution in [0.1, 0.15) is 25.1 Å². The molecule has 1 aromatic rings. The molecular formula is C12H18N2OS. The third-order valence-electron chi connectivity index (χ3n) is 2.88. The number of aliphatic hydroxyl groups is 1. The Hall–Kier alpha value is -0.740. The lowest BCUT2D eigenvalue weighted by Crippen LogP contribution is -2.32. The third-order valence-corrected chi connectivity index (χ3v) is 3.82. The number of thioether (sulfide) groups is 1. The molecular weight excluding hydrogens is 220 g/mol. The van der Waals surface area contributed by atoms with Crippen LogP contribution in [-0.4, -0.2) is 34.7 Å². The first-order valence-corrected chi connectivity index (χ1v) is 6.93. The predicted octanol–water partition coefficient (Wildman–Crippen LogP) is 2.08. The van der Waals surface area contributed by atoms with Crippen LogP contribution in [0.15, 0.2) is 18.3 Å². The Morgan fingerprint density at radius 1 is 1.44 bits per heavy atom. The van der Waals surface area contributed by atoms with Crippen molar-refractivity contribution in [3.63, 3.8) is 0 Å². The van der Waals surface area contributed by atoms with E-state index < -0.39 is 6.10 Å². The minimum absolute atomic E-state index is 0.425. The summed E-state index contributed by atoms with van der Waals surface area (Å²) in [4.78, 5) is 6.68. The van der Waals surface area contributed by atoms with Gasteiger partial charge in [-0.05, 0) is 18.6 Å². The van der Waals surface area contributed by atoms with Crippen molar-refractivity contribution in [3.05, 3.63) is 24.0 Å². The molecule has 0 aromatic carbocycles. The van der Waals surface area contributed by atoms with Gasteiger partial charge in [-0.25, -0.2) is 0 Å². The molecule has 1 fully saturated rings. The highest BCUT2D eigenvalue weighted by molar-refractivity contribution is 7.99. The van der Waals surface area contributed by atoms with E-state index in [9.17, 15) is 5.11 Å². The van der Waals surface area contributed by atoms with Crippen molar-refractivity contribution in [2.24, 2.45) is 0 Å². The van der Waals surface area contributed by atoms with Crippen molar-refractivity contribution >= 4 is 17.4 Å². The van der Waals surface area contributed by atoms with Crippen LogP contribution >= 0.6 is 11.8 Å². The SMILES string of the molecule is CC[C@@H](O)c1ccc(N2CCSCC2)cn1. The van der Waals surface area contributed by atoms with Gasteiger partial charge in [0.05, 0.1) is 23.7 Å². The monoisotopic (exact) mass is 238 g/mol. The zero-order valence-corrected chi connectivity index (χ0v) is 10.4. The maximum atomic E-state index is 9.65. The van der Waals surface area contributed by atoms with Crippen LogP contribution in [0.2, 0.25) is 0 Å². The number of nitrogens with zero attached hydrogens (tertiary/aromatic N) is 2. The Kier molecular flexibility index (Phi) is 4.07. The van der Waals surface area contributed by atoms with Crippen LogP contribution in [0.5, 0.6) is 0 Å². The van der Waals surface area contributed by atoms with Gasteiger partial charge in [-0.2, -0.15) is 11.8 Å². The number of anilines is 1. The summed E-state index contributed by atoms with van der Waals surface area (Å²) in [6, 6.07) is 4.00. The van der Waals surface area contributed by atoms with Gasteiger partial charge in [-0.1, -0.05) is 6.92 Å². The van der Waals surface area contributed by atoms with Crippen molar-refractivity contribution in [1.29, 1.82) is 0 Å². The Balaban J connectivity index is 2.06. The molecule has 2 rings (SSSR count). The van der Waals surface area contributed by atoms with Gasteiger partial charge in [-0.15, -0.1) is 0 Å². The normalized spacial score (nSPS) is 18.5. The van der Waals surface area contributed by atoms with Crippen molar-refractivity contribution in [3.8, 4) is 0 Å². The molecule has 1 aliphatic rings. The van der Waals surface area contributed by atoms with E-state index in [4.69, 9.17) is 0 Å². The molecule has 1 aromatic heterocycles. The van der Waals surface area contributed by atoms with E-state index in [2.05, 4.69) is 16.0 Å². The lowest BCUT2D eigenvalue weighted by molar-refractivity contribution is 0.169. The molecule has 1 N–H and O–H groups in total. The summed E-state index contributed by atoms with van der Waals surface area (Å²) in [5.41, 5.74) is 1.95. The second-order valence-corrected chi connectivity index (χ2v) is 5.19. The predicted molar refractivity (Wildman–Crippen MR) is 69.0 cm³/mol. The standard InChI is InChI=1S/C12H18N2OS/c1-2-12(15)11-4-3-10(9-13-11)14-5-7-16-8-6-14/h3-4,9,12,15H,2,5-8H2,1H3/t12-/m1/s1. The van der Waals surface area contributed by atoms with Crippen LogP contribution < -0.4 is 4.90 Å². The smallest absolute Gasteiger partial charge is 0.0957 e. The Bertz CT molecular complexity index is 322. The summed E-state index contributed by atoms with van der Waals surface area (Å²) in [6.45, 7) is 4.16. The number of aromatic nitrogens is 1. The number of aliphatic hydroxyl groups excluding tert-OH is 1. The lowest BCUT2D eigenvalue weighted by Gasteiger charge is -2.28. The van der Waals surface area contributed by atoms with Gasteiger partial charge >= 0.3 is 0 Å². The van der Waals surface area contributed by atoms with E-state index in [0.29, 0.717) is 6.42 Å². The van der Waals surface area contributed by atoms with Crippen molar-refractivity contribution in [2.45, 2.75) is 19.4 Å². The molecule has 0 bridgehead atoms. The van der Waals surface area contributed by atoms with Crippen LogP contribution in [0, 0.1) is 0 Å². The Morgan fingerprint density at radius 3 is 2.75 bits per heavy atom. The highest BCUT2D eigenvalue weighted by Gasteiger charge is 2.12. The first-order chi connectivity index (χ1) is 7.81. The van der Waals surface area contributed by atoms with Gasteiger partial charge in [0.25, 0.3) is 0 Å². The zero-order valence-electron chi connectivity index (χ0n) is 9.59. The molecule has 0 unspecified atom stereocenters. The summed E-state index contributed by atoms with van der Waals surface area (Å²) in [5, 5.41) is 9.65. The highest BCUT2D eigenvalue weighted by atomic mass is 32.2. The van der Waals surface area contributed by atoms with Crippen LogP contribution in [-0.2, 0) is 0 Å². The van der Waals surface area contributed by atoms with E-state index in [1.807, 2.05) is 30.9 Å². The van der Waals surface area contributed by atoms with Gasteiger partial charge in [0.2, 0.25) is 0 Å². The summed E-state index contributed by atoms with van der Waals surface area (Å²) >= 11 is 2.00. The molecule has 1 aliphatic heterocycles. The van der Waals surface area contributed by atoms with Gasteiger partial charge in [0.15, 0.2) is 0 Å². The highest BCUT2D eigenvalue weighted by Crippen LogP contribution is 2.21. The fraction of sp³-hybridized carbons (Fsp3) is 0.583. The Morgan fingerprint density at radius 2 is 2.19 bits per heavy atom. The van der Waals surface area contributed by atoms with E-state index >= 15 is 0 Å². The van der Waals surface area contributed by atoms with E-state index in [-0.39, 0.29) is 0 Å². The second-order valence-electron chi connectivity index (χ2n) is 3.96. The maximum Gasteiger partial charge on any atom is 0.0957 e. The zero-order chi connectivity index (χ0) is 11.4. The molecule has 4 heteroatoms. The van der Waals surface area contributed by atoms with Crippen LogP contribution in [0.25, 0.3) is 0 Å². The molecule has 16 heavy (non-hydrogen) atoms. The summed E-state index contributed by atoms with van der Waals surface area (Å²) in [5.74, 6) is 2.39.